The Bertz CT molecular complexity index is 1120. The van der Waals surface area contributed by atoms with Gasteiger partial charge < -0.3 is 4.90 Å². The Hall–Kier alpha value is -3.04. The molecule has 0 radical (unpaired) electrons. The number of rotatable bonds is 4. The van der Waals surface area contributed by atoms with Crippen molar-refractivity contribution in [3.63, 3.8) is 0 Å². The second kappa shape index (κ2) is 7.09. The molecule has 5 rings (SSSR count). The quantitative estimate of drug-likeness (QED) is 0.365. The molecule has 2 aromatic carbocycles. The summed E-state index contributed by atoms with van der Waals surface area (Å²) in [5, 5.41) is 8.27. The molecule has 0 aliphatic carbocycles. The van der Waals surface area contributed by atoms with E-state index in [1.54, 1.807) is 29.2 Å². The lowest BCUT2D eigenvalue weighted by atomic mass is 10.1. The van der Waals surface area contributed by atoms with Gasteiger partial charge in [-0.15, -0.1) is 10.2 Å². The van der Waals surface area contributed by atoms with Gasteiger partial charge in [0.15, 0.2) is 4.34 Å². The third kappa shape index (κ3) is 3.02. The Labute approximate surface area is 174 Å². The lowest BCUT2D eigenvalue weighted by Crippen LogP contribution is -2.30. The van der Waals surface area contributed by atoms with E-state index in [1.165, 1.54) is 17.3 Å². The highest BCUT2D eigenvalue weighted by Crippen LogP contribution is 2.34. The van der Waals surface area contributed by atoms with Gasteiger partial charge in [0.1, 0.15) is 0 Å². The van der Waals surface area contributed by atoms with Crippen molar-refractivity contribution in [2.75, 3.05) is 22.1 Å². The molecule has 0 spiro atoms. The molecule has 9 heteroatoms. The van der Waals surface area contributed by atoms with E-state index in [2.05, 4.69) is 10.2 Å². The standard InChI is InChI=1S/C20H14N4O3S2/c25-16(23-10-9-12-5-1-4-8-15(12)23)11-28-20-22-21-19(29-20)24-17(26)13-6-2-3-7-14(13)18(24)27/h1-8H,9-11H2. The van der Waals surface area contributed by atoms with Crippen LogP contribution in [0.2, 0.25) is 0 Å². The molecular formula is C20H14N4O3S2. The molecule has 2 aliphatic rings. The Kier molecular flexibility index (Phi) is 4.40. The summed E-state index contributed by atoms with van der Waals surface area (Å²) in [6.07, 6.45) is 0.856. The van der Waals surface area contributed by atoms with Gasteiger partial charge in [-0.05, 0) is 30.2 Å². The van der Waals surface area contributed by atoms with Crippen LogP contribution in [0.4, 0.5) is 10.8 Å². The first-order chi connectivity index (χ1) is 14.1. The fourth-order valence-electron chi connectivity index (χ4n) is 3.51. The van der Waals surface area contributed by atoms with Gasteiger partial charge in [-0.3, -0.25) is 14.4 Å². The van der Waals surface area contributed by atoms with Crippen LogP contribution in [0.25, 0.3) is 0 Å². The number of nitrogens with zero attached hydrogens (tertiary/aromatic N) is 4. The van der Waals surface area contributed by atoms with E-state index >= 15 is 0 Å². The normalized spacial score (nSPS) is 15.0. The molecule has 3 heterocycles. The number of anilines is 2. The molecule has 0 atom stereocenters. The Morgan fingerprint density at radius 3 is 2.45 bits per heavy atom. The molecule has 2 aliphatic heterocycles. The van der Waals surface area contributed by atoms with Gasteiger partial charge in [-0.2, -0.15) is 0 Å². The van der Waals surface area contributed by atoms with Crippen LogP contribution in [0.15, 0.2) is 52.9 Å². The van der Waals surface area contributed by atoms with Crippen molar-refractivity contribution in [1.82, 2.24) is 10.2 Å². The van der Waals surface area contributed by atoms with E-state index in [0.29, 0.717) is 22.0 Å². The number of para-hydroxylation sites is 1. The molecule has 29 heavy (non-hydrogen) atoms. The van der Waals surface area contributed by atoms with Crippen LogP contribution < -0.4 is 9.80 Å². The minimum absolute atomic E-state index is 0.00238. The van der Waals surface area contributed by atoms with E-state index < -0.39 is 11.8 Å². The van der Waals surface area contributed by atoms with Gasteiger partial charge in [-0.1, -0.05) is 53.4 Å². The van der Waals surface area contributed by atoms with Gasteiger partial charge in [0.2, 0.25) is 11.0 Å². The number of hydrogen-bond acceptors (Lipinski definition) is 7. The largest absolute Gasteiger partial charge is 0.311 e. The third-order valence-electron chi connectivity index (χ3n) is 4.89. The third-order valence-corrected chi connectivity index (χ3v) is 6.91. The number of amides is 3. The highest BCUT2D eigenvalue weighted by atomic mass is 32.2. The van der Waals surface area contributed by atoms with Crippen LogP contribution in [0.3, 0.4) is 0 Å². The Morgan fingerprint density at radius 2 is 1.69 bits per heavy atom. The van der Waals surface area contributed by atoms with E-state index in [1.807, 2.05) is 24.3 Å². The maximum absolute atomic E-state index is 12.6. The maximum atomic E-state index is 12.6. The van der Waals surface area contributed by atoms with Gasteiger partial charge in [0.05, 0.1) is 16.9 Å². The predicted molar refractivity (Wildman–Crippen MR) is 111 cm³/mol. The van der Waals surface area contributed by atoms with Crippen LogP contribution in [-0.4, -0.2) is 40.2 Å². The summed E-state index contributed by atoms with van der Waals surface area (Å²) < 4.78 is 0.539. The van der Waals surface area contributed by atoms with Crippen LogP contribution in [0.5, 0.6) is 0 Å². The average Bonchev–Trinajstić information content (AvgIpc) is 3.44. The van der Waals surface area contributed by atoms with Crippen molar-refractivity contribution in [2.45, 2.75) is 10.8 Å². The minimum Gasteiger partial charge on any atom is -0.311 e. The summed E-state index contributed by atoms with van der Waals surface area (Å²) in [5.41, 5.74) is 2.87. The lowest BCUT2D eigenvalue weighted by Gasteiger charge is -2.16. The first kappa shape index (κ1) is 18.0. The molecule has 0 saturated heterocycles. The monoisotopic (exact) mass is 422 g/mol. The number of thioether (sulfide) groups is 1. The molecule has 0 bridgehead atoms. The zero-order chi connectivity index (χ0) is 20.0. The molecule has 7 nitrogen and oxygen atoms in total. The molecule has 0 unspecified atom stereocenters. The van der Waals surface area contributed by atoms with E-state index in [9.17, 15) is 14.4 Å². The maximum Gasteiger partial charge on any atom is 0.268 e. The topological polar surface area (TPSA) is 83.5 Å². The number of hydrogen-bond donors (Lipinski definition) is 0. The molecule has 1 aromatic heterocycles. The first-order valence-corrected chi connectivity index (χ1v) is 10.8. The predicted octanol–water partition coefficient (Wildman–Crippen LogP) is 3.02. The average molecular weight is 422 g/mol. The van der Waals surface area contributed by atoms with E-state index in [4.69, 9.17) is 0 Å². The first-order valence-electron chi connectivity index (χ1n) is 8.96. The van der Waals surface area contributed by atoms with Gasteiger partial charge in [0.25, 0.3) is 11.8 Å². The molecule has 0 N–H and O–H groups in total. The van der Waals surface area contributed by atoms with Crippen molar-refractivity contribution in [1.29, 1.82) is 0 Å². The van der Waals surface area contributed by atoms with Crippen molar-refractivity contribution < 1.29 is 14.4 Å². The second-order valence-electron chi connectivity index (χ2n) is 6.55. The highest BCUT2D eigenvalue weighted by molar-refractivity contribution is 8.01. The second-order valence-corrected chi connectivity index (χ2v) is 8.73. The Morgan fingerprint density at radius 1 is 1.00 bits per heavy atom. The molecule has 0 fully saturated rings. The fourth-order valence-corrected chi connectivity index (χ4v) is 5.23. The molecule has 144 valence electrons. The summed E-state index contributed by atoms with van der Waals surface area (Å²) in [7, 11) is 0. The van der Waals surface area contributed by atoms with Crippen molar-refractivity contribution in [3.8, 4) is 0 Å². The number of aromatic nitrogens is 2. The fraction of sp³-hybridized carbons (Fsp3) is 0.150. The summed E-state index contributed by atoms with van der Waals surface area (Å²) in [6.45, 7) is 0.676. The molecular weight excluding hydrogens is 408 g/mol. The van der Waals surface area contributed by atoms with Crippen molar-refractivity contribution in [2.24, 2.45) is 0 Å². The smallest absolute Gasteiger partial charge is 0.268 e. The van der Waals surface area contributed by atoms with Gasteiger partial charge >= 0.3 is 0 Å². The number of carbonyl (C=O) groups excluding carboxylic acids is 3. The van der Waals surface area contributed by atoms with Crippen LogP contribution >= 0.6 is 23.1 Å². The van der Waals surface area contributed by atoms with Gasteiger partial charge in [0, 0.05) is 12.2 Å². The summed E-state index contributed by atoms with van der Waals surface area (Å²) >= 11 is 2.39. The van der Waals surface area contributed by atoms with Crippen LogP contribution in [-0.2, 0) is 11.2 Å². The Balaban J connectivity index is 1.28. The van der Waals surface area contributed by atoms with Crippen molar-refractivity contribution in [3.05, 3.63) is 65.2 Å². The highest BCUT2D eigenvalue weighted by Gasteiger charge is 2.38. The lowest BCUT2D eigenvalue weighted by molar-refractivity contribution is -0.116. The van der Waals surface area contributed by atoms with Crippen LogP contribution in [0, 0.1) is 0 Å². The SMILES string of the molecule is O=C(CSc1nnc(N2C(=O)c3ccccc3C2=O)s1)N1CCc2ccccc21. The zero-order valence-corrected chi connectivity index (χ0v) is 16.7. The number of fused-ring (bicyclic) bond motifs is 2. The zero-order valence-electron chi connectivity index (χ0n) is 15.1. The minimum atomic E-state index is -0.400. The van der Waals surface area contributed by atoms with Crippen LogP contribution in [0.1, 0.15) is 26.3 Å². The molecule has 3 aromatic rings. The molecule has 0 saturated carbocycles. The number of imide groups is 1. The van der Waals surface area contributed by atoms with Crippen molar-refractivity contribution >= 4 is 51.6 Å². The van der Waals surface area contributed by atoms with E-state index in [0.717, 1.165) is 28.3 Å². The van der Waals surface area contributed by atoms with Gasteiger partial charge in [-0.25, -0.2) is 4.90 Å². The van der Waals surface area contributed by atoms with E-state index in [-0.39, 0.29) is 16.8 Å². The summed E-state index contributed by atoms with van der Waals surface area (Å²) in [4.78, 5) is 40.6. The number of carbonyl (C=O) groups is 3. The summed E-state index contributed by atoms with van der Waals surface area (Å²) in [5.74, 6) is -0.589. The molecule has 3 amide bonds. The summed E-state index contributed by atoms with van der Waals surface area (Å²) in [6, 6.07) is 14.6. The number of benzene rings is 2.